The quantitative estimate of drug-likeness (QED) is 0.507. The Morgan fingerprint density at radius 2 is 2.09 bits per heavy atom. The zero-order chi connectivity index (χ0) is 23.8. The first-order chi connectivity index (χ1) is 15.6. The van der Waals surface area contributed by atoms with Crippen LogP contribution in [0.3, 0.4) is 0 Å². The Labute approximate surface area is 201 Å². The molecule has 4 rings (SSSR count). The van der Waals surface area contributed by atoms with Crippen molar-refractivity contribution >= 4 is 52.5 Å². The molecule has 172 valence electrons. The minimum Gasteiger partial charge on any atom is -0.442 e. The minimum atomic E-state index is -1.86. The predicted molar refractivity (Wildman–Crippen MR) is 118 cm³/mol. The van der Waals surface area contributed by atoms with E-state index in [9.17, 15) is 14.0 Å². The van der Waals surface area contributed by atoms with Crippen LogP contribution in [-0.2, 0) is 13.3 Å². The van der Waals surface area contributed by atoms with Gasteiger partial charge in [-0.3, -0.25) is 14.7 Å². The number of ether oxygens (including phenoxy) is 1. The fourth-order valence-electron chi connectivity index (χ4n) is 3.13. The Kier molecular flexibility index (Phi) is 6.42. The first-order valence-corrected chi connectivity index (χ1v) is 10.6. The summed E-state index contributed by atoms with van der Waals surface area (Å²) in [4.78, 5) is 32.7. The molecule has 13 heteroatoms. The van der Waals surface area contributed by atoms with Crippen molar-refractivity contribution in [3.8, 4) is 22.6 Å². The van der Waals surface area contributed by atoms with E-state index in [0.29, 0.717) is 16.9 Å². The molecule has 1 atom stereocenters. The molecule has 1 N–H and O–H groups in total. The Morgan fingerprint density at radius 1 is 1.30 bits per heavy atom. The number of nitrogens with zero attached hydrogens (tertiary/aromatic N) is 4. The molecular formula is C20H15Cl3FN5O4. The maximum Gasteiger partial charge on any atom is 0.414 e. The van der Waals surface area contributed by atoms with E-state index in [1.165, 1.54) is 30.2 Å². The van der Waals surface area contributed by atoms with E-state index in [-0.39, 0.29) is 36.3 Å². The maximum atomic E-state index is 14.9. The average Bonchev–Trinajstić information content (AvgIpc) is 3.39. The number of anilines is 1. The molecular weight excluding hydrogens is 500 g/mol. The van der Waals surface area contributed by atoms with Crippen molar-refractivity contribution < 1.29 is 23.2 Å². The Balaban J connectivity index is 1.50. The predicted octanol–water partition coefficient (Wildman–Crippen LogP) is 4.23. The number of hydrogen-bond donors (Lipinski definition) is 1. The molecule has 0 unspecified atom stereocenters. The number of cyclic esters (lactones) is 1. The van der Waals surface area contributed by atoms with Crippen molar-refractivity contribution in [2.45, 2.75) is 16.8 Å². The molecule has 2 amide bonds. The normalized spacial score (nSPS) is 16.1. The molecule has 1 fully saturated rings. The first-order valence-electron chi connectivity index (χ1n) is 9.51. The summed E-state index contributed by atoms with van der Waals surface area (Å²) in [6.07, 6.45) is 0.304. The summed E-state index contributed by atoms with van der Waals surface area (Å²) in [6.45, 7) is 1.74. The highest BCUT2D eigenvalue weighted by Gasteiger charge is 2.33. The molecule has 0 spiro atoms. The summed E-state index contributed by atoms with van der Waals surface area (Å²) >= 11 is 17.1. The fraction of sp³-hybridized carbons (Fsp3) is 0.250. The molecule has 0 bridgehead atoms. The van der Waals surface area contributed by atoms with Gasteiger partial charge in [-0.2, -0.15) is 4.98 Å². The van der Waals surface area contributed by atoms with Crippen LogP contribution in [-0.4, -0.2) is 46.3 Å². The molecule has 1 aliphatic rings. The molecule has 0 aliphatic carbocycles. The van der Waals surface area contributed by atoms with Crippen molar-refractivity contribution in [1.29, 1.82) is 0 Å². The van der Waals surface area contributed by atoms with E-state index < -0.39 is 21.8 Å². The molecule has 2 aromatic heterocycles. The highest BCUT2D eigenvalue weighted by Crippen LogP contribution is 2.37. The second-order valence-corrected chi connectivity index (χ2v) is 9.35. The Bertz CT molecular complexity index is 1200. The van der Waals surface area contributed by atoms with E-state index in [1.807, 2.05) is 0 Å². The second-order valence-electron chi connectivity index (χ2n) is 7.07. The molecule has 3 heterocycles. The third-order valence-electron chi connectivity index (χ3n) is 4.69. The van der Waals surface area contributed by atoms with Crippen LogP contribution in [0, 0.1) is 5.82 Å². The number of rotatable bonds is 5. The molecule has 1 aliphatic heterocycles. The lowest BCUT2D eigenvalue weighted by molar-refractivity contribution is -0.119. The fourth-order valence-corrected chi connectivity index (χ4v) is 3.36. The summed E-state index contributed by atoms with van der Waals surface area (Å²) in [7, 11) is 0. The Morgan fingerprint density at radius 3 is 2.70 bits per heavy atom. The summed E-state index contributed by atoms with van der Waals surface area (Å²) in [5.41, 5.74) is 1.43. The van der Waals surface area contributed by atoms with E-state index in [4.69, 9.17) is 44.1 Å². The molecule has 9 nitrogen and oxygen atoms in total. The van der Waals surface area contributed by atoms with Crippen molar-refractivity contribution in [3.63, 3.8) is 0 Å². The van der Waals surface area contributed by atoms with Crippen molar-refractivity contribution in [2.75, 3.05) is 18.0 Å². The SMILES string of the molecule is CC(=O)NC[C@H]1CN(c2ccc(-c3ccc(-c4noc(C(Cl)(Cl)Cl)n4)nc3)c(F)c2)C(=O)O1. The van der Waals surface area contributed by atoms with Gasteiger partial charge >= 0.3 is 6.09 Å². The number of hydrogen-bond acceptors (Lipinski definition) is 7. The van der Waals surface area contributed by atoms with Gasteiger partial charge in [-0.05, 0) is 24.3 Å². The van der Waals surface area contributed by atoms with Gasteiger partial charge in [0, 0.05) is 24.2 Å². The molecule has 1 aromatic carbocycles. The number of amides is 2. The zero-order valence-electron chi connectivity index (χ0n) is 16.9. The standard InChI is InChI=1S/C20H15Cl3FN5O4/c1-10(30)25-8-13-9-29(19(31)32-13)12-3-4-14(15(24)6-12)11-2-5-16(26-7-11)17-27-18(33-28-17)20(21,22)23/h2-7,13H,8-9H2,1H3,(H,25,30)/t13-/m0/s1. The number of nitrogens with one attached hydrogen (secondary N) is 1. The van der Waals surface area contributed by atoms with Gasteiger partial charge in [0.1, 0.15) is 17.6 Å². The number of benzene rings is 1. The van der Waals surface area contributed by atoms with E-state index in [1.54, 1.807) is 18.2 Å². The van der Waals surface area contributed by atoms with Gasteiger partial charge in [0.2, 0.25) is 11.7 Å². The van der Waals surface area contributed by atoms with Gasteiger partial charge in [0.25, 0.3) is 9.68 Å². The number of halogens is 4. The second kappa shape index (κ2) is 9.12. The smallest absolute Gasteiger partial charge is 0.414 e. The van der Waals surface area contributed by atoms with Gasteiger partial charge in [-0.15, -0.1) is 0 Å². The molecule has 3 aromatic rings. The van der Waals surface area contributed by atoms with Crippen molar-refractivity contribution in [1.82, 2.24) is 20.4 Å². The summed E-state index contributed by atoms with van der Waals surface area (Å²) in [6, 6.07) is 7.56. The molecule has 0 radical (unpaired) electrons. The van der Waals surface area contributed by atoms with Gasteiger partial charge in [-0.25, -0.2) is 9.18 Å². The number of alkyl halides is 3. The highest BCUT2D eigenvalue weighted by atomic mass is 35.6. The van der Waals surface area contributed by atoms with Crippen LogP contribution in [0.15, 0.2) is 41.1 Å². The van der Waals surface area contributed by atoms with Crippen LogP contribution in [0.5, 0.6) is 0 Å². The molecule has 1 saturated heterocycles. The summed E-state index contributed by atoms with van der Waals surface area (Å²) < 4.78 is 23.1. The van der Waals surface area contributed by atoms with Gasteiger partial charge in [0.05, 0.1) is 18.8 Å². The van der Waals surface area contributed by atoms with Crippen LogP contribution in [0.25, 0.3) is 22.6 Å². The lowest BCUT2D eigenvalue weighted by Gasteiger charge is -2.14. The number of pyridine rings is 1. The van der Waals surface area contributed by atoms with Gasteiger partial charge in [-0.1, -0.05) is 46.0 Å². The maximum absolute atomic E-state index is 14.9. The van der Waals surface area contributed by atoms with E-state index in [2.05, 4.69) is 20.4 Å². The Hall–Kier alpha value is -2.95. The third kappa shape index (κ3) is 5.18. The van der Waals surface area contributed by atoms with E-state index >= 15 is 0 Å². The van der Waals surface area contributed by atoms with Crippen LogP contribution in [0.4, 0.5) is 14.9 Å². The molecule has 33 heavy (non-hydrogen) atoms. The highest BCUT2D eigenvalue weighted by molar-refractivity contribution is 6.66. The average molecular weight is 515 g/mol. The summed E-state index contributed by atoms with van der Waals surface area (Å²) in [5.74, 6) is -0.877. The first kappa shape index (κ1) is 23.2. The van der Waals surface area contributed by atoms with E-state index in [0.717, 1.165) is 0 Å². The monoisotopic (exact) mass is 513 g/mol. The topological polar surface area (TPSA) is 110 Å². The number of carbonyl (C=O) groups excluding carboxylic acids is 2. The minimum absolute atomic E-state index is 0.111. The van der Waals surface area contributed by atoms with Crippen molar-refractivity contribution in [2.24, 2.45) is 0 Å². The lowest BCUT2D eigenvalue weighted by atomic mass is 10.1. The summed E-state index contributed by atoms with van der Waals surface area (Å²) in [5, 5.41) is 6.30. The van der Waals surface area contributed by atoms with Crippen LogP contribution in [0.2, 0.25) is 0 Å². The largest absolute Gasteiger partial charge is 0.442 e. The van der Waals surface area contributed by atoms with Crippen LogP contribution in [0.1, 0.15) is 12.8 Å². The zero-order valence-corrected chi connectivity index (χ0v) is 19.2. The van der Waals surface area contributed by atoms with Crippen molar-refractivity contribution in [3.05, 3.63) is 48.2 Å². The van der Waals surface area contributed by atoms with Crippen LogP contribution >= 0.6 is 34.8 Å². The van der Waals surface area contributed by atoms with Gasteiger partial charge < -0.3 is 14.6 Å². The third-order valence-corrected chi connectivity index (χ3v) is 5.17. The van der Waals surface area contributed by atoms with Crippen LogP contribution < -0.4 is 10.2 Å². The molecule has 0 saturated carbocycles. The number of aromatic nitrogens is 3. The number of carbonyl (C=O) groups is 2. The van der Waals surface area contributed by atoms with Gasteiger partial charge in [0.15, 0.2) is 0 Å². The lowest BCUT2D eigenvalue weighted by Crippen LogP contribution is -2.33.